The lowest BCUT2D eigenvalue weighted by molar-refractivity contribution is 0.309. The van der Waals surface area contributed by atoms with Crippen LogP contribution >= 0.6 is 0 Å². The fourth-order valence-electron chi connectivity index (χ4n) is 1.70. The van der Waals surface area contributed by atoms with Gasteiger partial charge in [-0.15, -0.1) is 0 Å². The Morgan fingerprint density at radius 3 is 2.50 bits per heavy atom. The van der Waals surface area contributed by atoms with Gasteiger partial charge in [0.15, 0.2) is 0 Å². The molecular weight excluding hydrogens is 195 g/mol. The van der Waals surface area contributed by atoms with Crippen molar-refractivity contribution in [3.05, 3.63) is 59.7 Å². The summed E-state index contributed by atoms with van der Waals surface area (Å²) in [6.07, 6.45) is 0. The van der Waals surface area contributed by atoms with Crippen LogP contribution in [0.15, 0.2) is 48.5 Å². The standard InChI is InChI=1S/C14H15BO/c1-11-7-8-14(13(15)9-11)16-10-12-5-3-2-4-6-12/h2-9H,10,15H2,1H3. The first-order chi connectivity index (χ1) is 7.75. The number of ether oxygens (including phenoxy) is 1. The van der Waals surface area contributed by atoms with Gasteiger partial charge in [0.25, 0.3) is 0 Å². The summed E-state index contributed by atoms with van der Waals surface area (Å²) in [5.74, 6) is 0.967. The van der Waals surface area contributed by atoms with E-state index in [4.69, 9.17) is 4.74 Å². The van der Waals surface area contributed by atoms with E-state index in [0.717, 1.165) is 5.75 Å². The molecule has 0 aliphatic rings. The summed E-state index contributed by atoms with van der Waals surface area (Å²) in [7, 11) is 2.08. The zero-order valence-corrected chi connectivity index (χ0v) is 9.73. The molecule has 2 heteroatoms. The number of hydrogen-bond acceptors (Lipinski definition) is 1. The third-order valence-corrected chi connectivity index (χ3v) is 2.57. The maximum absolute atomic E-state index is 5.78. The van der Waals surface area contributed by atoms with Gasteiger partial charge in [0.1, 0.15) is 20.2 Å². The molecule has 0 N–H and O–H groups in total. The molecule has 0 aliphatic heterocycles. The monoisotopic (exact) mass is 210 g/mol. The molecule has 0 heterocycles. The summed E-state index contributed by atoms with van der Waals surface area (Å²) in [6, 6.07) is 16.5. The van der Waals surface area contributed by atoms with Crippen molar-refractivity contribution >= 4 is 13.3 Å². The zero-order chi connectivity index (χ0) is 11.4. The van der Waals surface area contributed by atoms with Gasteiger partial charge in [-0.3, -0.25) is 0 Å². The highest BCUT2D eigenvalue weighted by molar-refractivity contribution is 6.34. The van der Waals surface area contributed by atoms with Gasteiger partial charge in [0, 0.05) is 0 Å². The van der Waals surface area contributed by atoms with E-state index in [1.807, 2.05) is 24.3 Å². The summed E-state index contributed by atoms with van der Waals surface area (Å²) in [5, 5.41) is 0. The second-order valence-electron chi connectivity index (χ2n) is 4.04. The zero-order valence-electron chi connectivity index (χ0n) is 9.73. The molecule has 2 rings (SSSR count). The Bertz CT molecular complexity index is 465. The van der Waals surface area contributed by atoms with Crippen molar-refractivity contribution in [3.8, 4) is 5.75 Å². The van der Waals surface area contributed by atoms with Crippen molar-refractivity contribution in [2.75, 3.05) is 0 Å². The van der Waals surface area contributed by atoms with E-state index in [1.54, 1.807) is 0 Å². The summed E-state index contributed by atoms with van der Waals surface area (Å²) in [6.45, 7) is 2.72. The minimum atomic E-state index is 0.630. The van der Waals surface area contributed by atoms with Gasteiger partial charge in [-0.1, -0.05) is 48.0 Å². The lowest BCUT2D eigenvalue weighted by atomic mass is 9.93. The van der Waals surface area contributed by atoms with Crippen molar-refractivity contribution in [1.29, 1.82) is 0 Å². The first kappa shape index (κ1) is 10.8. The van der Waals surface area contributed by atoms with Crippen molar-refractivity contribution in [2.45, 2.75) is 13.5 Å². The molecule has 0 atom stereocenters. The second-order valence-corrected chi connectivity index (χ2v) is 4.04. The summed E-state index contributed by atoms with van der Waals surface area (Å²) < 4.78 is 5.78. The van der Waals surface area contributed by atoms with E-state index in [2.05, 4.69) is 39.0 Å². The fourth-order valence-corrected chi connectivity index (χ4v) is 1.70. The van der Waals surface area contributed by atoms with Crippen molar-refractivity contribution in [2.24, 2.45) is 0 Å². The Balaban J connectivity index is 2.05. The van der Waals surface area contributed by atoms with Crippen LogP contribution in [0.1, 0.15) is 11.1 Å². The third-order valence-electron chi connectivity index (χ3n) is 2.57. The Labute approximate surface area is 97.5 Å². The molecule has 0 radical (unpaired) electrons. The predicted molar refractivity (Wildman–Crippen MR) is 70.1 cm³/mol. The lowest BCUT2D eigenvalue weighted by Gasteiger charge is -2.09. The highest BCUT2D eigenvalue weighted by Crippen LogP contribution is 2.10. The summed E-state index contributed by atoms with van der Waals surface area (Å²) in [5.41, 5.74) is 3.66. The minimum absolute atomic E-state index is 0.630. The quantitative estimate of drug-likeness (QED) is 0.702. The van der Waals surface area contributed by atoms with Crippen LogP contribution in [0.4, 0.5) is 0 Å². The highest BCUT2D eigenvalue weighted by atomic mass is 16.5. The largest absolute Gasteiger partial charge is 0.490 e. The normalized spacial score (nSPS) is 10.1. The van der Waals surface area contributed by atoms with E-state index in [9.17, 15) is 0 Å². The maximum atomic E-state index is 5.78. The van der Waals surface area contributed by atoms with Crippen LogP contribution in [0.5, 0.6) is 5.75 Å². The molecule has 0 spiro atoms. The SMILES string of the molecule is Bc1cc(C)ccc1OCc1ccccc1. The van der Waals surface area contributed by atoms with E-state index in [1.165, 1.54) is 16.6 Å². The molecule has 0 aromatic heterocycles. The van der Waals surface area contributed by atoms with E-state index < -0.39 is 0 Å². The Hall–Kier alpha value is -1.70. The van der Waals surface area contributed by atoms with E-state index in [0.29, 0.717) is 6.61 Å². The van der Waals surface area contributed by atoms with Crippen molar-refractivity contribution in [1.82, 2.24) is 0 Å². The third kappa shape index (κ3) is 2.66. The van der Waals surface area contributed by atoms with E-state index >= 15 is 0 Å². The summed E-state index contributed by atoms with van der Waals surface area (Å²) >= 11 is 0. The molecule has 2 aromatic carbocycles. The minimum Gasteiger partial charge on any atom is -0.490 e. The molecule has 2 aromatic rings. The number of rotatable bonds is 3. The maximum Gasteiger partial charge on any atom is 0.144 e. The molecule has 1 nitrogen and oxygen atoms in total. The lowest BCUT2D eigenvalue weighted by Crippen LogP contribution is -2.09. The average molecular weight is 210 g/mol. The summed E-state index contributed by atoms with van der Waals surface area (Å²) in [4.78, 5) is 0. The molecular formula is C14H15BO. The molecule has 80 valence electrons. The Kier molecular flexibility index (Phi) is 3.30. The number of benzene rings is 2. The second kappa shape index (κ2) is 4.89. The predicted octanol–water partition coefficient (Wildman–Crippen LogP) is 1.83. The van der Waals surface area contributed by atoms with Crippen LogP contribution in [0.2, 0.25) is 0 Å². The van der Waals surface area contributed by atoms with Crippen molar-refractivity contribution < 1.29 is 4.74 Å². The van der Waals surface area contributed by atoms with Crippen LogP contribution in [0.25, 0.3) is 0 Å². The number of aryl methyl sites for hydroxylation is 1. The number of hydrogen-bond donors (Lipinski definition) is 0. The molecule has 0 saturated carbocycles. The van der Waals surface area contributed by atoms with Crippen LogP contribution < -0.4 is 10.2 Å². The molecule has 0 bridgehead atoms. The average Bonchev–Trinajstić information content (AvgIpc) is 2.29. The van der Waals surface area contributed by atoms with Crippen LogP contribution in [-0.2, 0) is 6.61 Å². The molecule has 0 fully saturated rings. The highest BCUT2D eigenvalue weighted by Gasteiger charge is 1.99. The molecule has 16 heavy (non-hydrogen) atoms. The van der Waals surface area contributed by atoms with Crippen LogP contribution in [0, 0.1) is 6.92 Å². The molecule has 0 amide bonds. The van der Waals surface area contributed by atoms with Gasteiger partial charge in [-0.05, 0) is 24.0 Å². The van der Waals surface area contributed by atoms with Gasteiger partial charge >= 0.3 is 0 Å². The van der Waals surface area contributed by atoms with Gasteiger partial charge in [0.05, 0.1) is 0 Å². The van der Waals surface area contributed by atoms with Gasteiger partial charge in [-0.25, -0.2) is 0 Å². The smallest absolute Gasteiger partial charge is 0.144 e. The fraction of sp³-hybridized carbons (Fsp3) is 0.143. The van der Waals surface area contributed by atoms with Crippen LogP contribution in [0.3, 0.4) is 0 Å². The van der Waals surface area contributed by atoms with Gasteiger partial charge < -0.3 is 4.74 Å². The Morgan fingerprint density at radius 2 is 1.81 bits per heavy atom. The molecule has 0 unspecified atom stereocenters. The first-order valence-corrected chi connectivity index (χ1v) is 5.50. The molecule has 0 saturated heterocycles. The topological polar surface area (TPSA) is 9.23 Å². The van der Waals surface area contributed by atoms with Gasteiger partial charge in [0.2, 0.25) is 0 Å². The Morgan fingerprint density at radius 1 is 1.06 bits per heavy atom. The molecule has 0 aliphatic carbocycles. The first-order valence-electron chi connectivity index (χ1n) is 5.50. The van der Waals surface area contributed by atoms with E-state index in [-0.39, 0.29) is 0 Å². The van der Waals surface area contributed by atoms with Crippen molar-refractivity contribution in [3.63, 3.8) is 0 Å². The van der Waals surface area contributed by atoms with Crippen LogP contribution in [-0.4, -0.2) is 7.85 Å². The van der Waals surface area contributed by atoms with Gasteiger partial charge in [-0.2, -0.15) is 0 Å².